The average molecular weight is 510 g/mol. The molecule has 3 rings (SSSR count). The van der Waals surface area contributed by atoms with Crippen LogP contribution in [0, 0.1) is 34.5 Å². The van der Waals surface area contributed by atoms with Crippen LogP contribution >= 0.6 is 0 Å². The average Bonchev–Trinajstić information content (AvgIpc) is 3.26. The van der Waals surface area contributed by atoms with Crippen molar-refractivity contribution in [1.82, 2.24) is 4.90 Å². The smallest absolute Gasteiger partial charge is 0.402 e. The molecule has 1 aliphatic heterocycles. The Morgan fingerprint density at radius 1 is 1.06 bits per heavy atom. The van der Waals surface area contributed by atoms with E-state index in [1.54, 1.807) is 41.5 Å². The molecule has 192 valence electrons. The number of esters is 2. The van der Waals surface area contributed by atoms with Crippen LogP contribution in [0.4, 0.5) is 8.78 Å². The summed E-state index contributed by atoms with van der Waals surface area (Å²) >= 11 is 0. The molecular weight excluding hydrogens is 480 g/mol. The first-order valence-electron chi connectivity index (χ1n) is 10.8. The number of imide groups is 1. The van der Waals surface area contributed by atoms with E-state index in [0.29, 0.717) is 0 Å². The Morgan fingerprint density at radius 2 is 1.62 bits per heavy atom. The molecule has 13 heteroatoms. The number of nitrogens with zero attached hydrogens (tertiary/aromatic N) is 1. The van der Waals surface area contributed by atoms with Crippen LogP contribution in [-0.4, -0.2) is 65.6 Å². The number of rotatable bonds is 5. The summed E-state index contributed by atoms with van der Waals surface area (Å²) in [5.41, 5.74) is -1.90. The molecule has 0 radical (unpaired) electrons. The molecule has 10 nitrogen and oxygen atoms in total. The second kappa shape index (κ2) is 7.94. The molecule has 6 atom stereocenters. The summed E-state index contributed by atoms with van der Waals surface area (Å²) in [7, 11) is -5.83. The normalized spacial score (nSPS) is 31.1. The van der Waals surface area contributed by atoms with Crippen LogP contribution in [0.1, 0.15) is 48.0 Å². The minimum absolute atomic E-state index is 0.214. The summed E-state index contributed by atoms with van der Waals surface area (Å²) in [6.07, 6.45) is -0.837. The van der Waals surface area contributed by atoms with Crippen LogP contribution in [0.3, 0.4) is 0 Å². The lowest BCUT2D eigenvalue weighted by molar-refractivity contribution is -0.172. The fourth-order valence-corrected chi connectivity index (χ4v) is 5.22. The summed E-state index contributed by atoms with van der Waals surface area (Å²) in [5.74, 6) is -6.85. The molecule has 0 aromatic heterocycles. The third kappa shape index (κ3) is 4.21. The van der Waals surface area contributed by atoms with Crippen molar-refractivity contribution < 1.29 is 50.4 Å². The van der Waals surface area contributed by atoms with E-state index in [-0.39, 0.29) is 6.42 Å². The van der Waals surface area contributed by atoms with Crippen molar-refractivity contribution in [3.05, 3.63) is 0 Å². The Hall–Kier alpha value is -2.15. The van der Waals surface area contributed by atoms with Gasteiger partial charge in [0.1, 0.15) is 6.10 Å². The van der Waals surface area contributed by atoms with Gasteiger partial charge in [0.05, 0.1) is 23.3 Å². The van der Waals surface area contributed by atoms with Gasteiger partial charge in [0.25, 0.3) is 0 Å². The maximum atomic E-state index is 13.6. The van der Waals surface area contributed by atoms with Crippen molar-refractivity contribution >= 4 is 33.9 Å². The molecule has 1 N–H and O–H groups in total. The van der Waals surface area contributed by atoms with Crippen molar-refractivity contribution in [3.63, 3.8) is 0 Å². The molecular formula is C21H29F2NO9S. The first-order valence-corrected chi connectivity index (χ1v) is 12.2. The van der Waals surface area contributed by atoms with Crippen molar-refractivity contribution in [2.24, 2.45) is 34.5 Å². The highest BCUT2D eigenvalue weighted by Gasteiger charge is 2.72. The first-order chi connectivity index (χ1) is 15.2. The van der Waals surface area contributed by atoms with Crippen molar-refractivity contribution in [1.29, 1.82) is 0 Å². The fourth-order valence-electron chi connectivity index (χ4n) is 5.01. The number of likely N-dealkylation sites (tertiary alicyclic amines) is 1. The Kier molecular flexibility index (Phi) is 6.18. The van der Waals surface area contributed by atoms with Gasteiger partial charge in [-0.2, -0.15) is 17.2 Å². The van der Waals surface area contributed by atoms with Gasteiger partial charge in [0.15, 0.2) is 6.61 Å². The van der Waals surface area contributed by atoms with Crippen LogP contribution in [0.25, 0.3) is 0 Å². The van der Waals surface area contributed by atoms with Crippen molar-refractivity contribution in [2.45, 2.75) is 65.4 Å². The lowest BCUT2D eigenvalue weighted by Crippen LogP contribution is -2.51. The molecule has 0 aromatic carbocycles. The number of ether oxygens (including phenoxy) is 2. The summed E-state index contributed by atoms with van der Waals surface area (Å²) in [5, 5.41) is -4.74. The zero-order valence-corrected chi connectivity index (χ0v) is 20.5. The molecule has 1 heterocycles. The second-order valence-electron chi connectivity index (χ2n) is 11.2. The number of carbonyl (C=O) groups is 4. The number of fused-ring (bicyclic) bond motifs is 1. The molecule has 3 fully saturated rings. The van der Waals surface area contributed by atoms with E-state index in [1.807, 2.05) is 0 Å². The molecule has 2 saturated carbocycles. The van der Waals surface area contributed by atoms with Crippen LogP contribution in [0.5, 0.6) is 0 Å². The molecule has 0 aromatic rings. The summed E-state index contributed by atoms with van der Waals surface area (Å²) in [6, 6.07) is -0.802. The fraction of sp³-hybridized carbons (Fsp3) is 0.810. The predicted molar refractivity (Wildman–Crippen MR) is 110 cm³/mol. The number of hydrogen-bond donors (Lipinski definition) is 1. The van der Waals surface area contributed by atoms with Gasteiger partial charge in [-0.1, -0.05) is 20.8 Å². The van der Waals surface area contributed by atoms with Crippen molar-refractivity contribution in [2.75, 3.05) is 6.61 Å². The predicted octanol–water partition coefficient (Wildman–Crippen LogP) is 1.63. The number of carbonyl (C=O) groups excluding carboxylic acids is 4. The highest BCUT2D eigenvalue weighted by Crippen LogP contribution is 2.60. The van der Waals surface area contributed by atoms with Gasteiger partial charge < -0.3 is 9.47 Å². The SMILES string of the molecule is CC(C)(C)C(=O)OC1C2CC3C(C(=O)N(C(=O)C(C)(C)C)C31)C2C(=O)OCC(F)(F)S(=O)(=O)O. The quantitative estimate of drug-likeness (QED) is 0.432. The van der Waals surface area contributed by atoms with Gasteiger partial charge in [-0.25, -0.2) is 0 Å². The molecule has 1 saturated heterocycles. The lowest BCUT2D eigenvalue weighted by atomic mass is 9.78. The Bertz CT molecular complexity index is 1030. The molecule has 2 aliphatic carbocycles. The highest BCUT2D eigenvalue weighted by molar-refractivity contribution is 7.86. The molecule has 3 aliphatic rings. The van der Waals surface area contributed by atoms with Crippen LogP contribution < -0.4 is 0 Å². The van der Waals surface area contributed by atoms with E-state index in [1.165, 1.54) is 0 Å². The third-order valence-corrected chi connectivity index (χ3v) is 7.49. The van der Waals surface area contributed by atoms with Gasteiger partial charge in [-0.3, -0.25) is 28.6 Å². The standard InChI is InChI=1S/C21H29F2NO9S/c1-19(2,3)17(27)24-13-9-7-10(14(13)33-18(28)20(4,5)6)12(11(9)15(24)25)16(26)32-8-21(22,23)34(29,30)31/h9-14H,7-8H2,1-6H3,(H,29,30,31). The topological polar surface area (TPSA) is 144 Å². The Morgan fingerprint density at radius 3 is 2.09 bits per heavy atom. The number of halogens is 2. The Labute approximate surface area is 196 Å². The number of amides is 2. The zero-order chi connectivity index (χ0) is 26.2. The molecule has 2 bridgehead atoms. The van der Waals surface area contributed by atoms with E-state index in [2.05, 4.69) is 4.74 Å². The maximum Gasteiger partial charge on any atom is 0.402 e. The zero-order valence-electron chi connectivity index (χ0n) is 19.7. The maximum absolute atomic E-state index is 13.6. The minimum atomic E-state index is -5.83. The lowest BCUT2D eigenvalue weighted by Gasteiger charge is -2.36. The van der Waals surface area contributed by atoms with Crippen LogP contribution in [-0.2, 0) is 38.8 Å². The van der Waals surface area contributed by atoms with Gasteiger partial charge in [-0.15, -0.1) is 0 Å². The molecule has 2 amide bonds. The van der Waals surface area contributed by atoms with E-state index < -0.39 is 92.4 Å². The number of hydrogen-bond acceptors (Lipinski definition) is 8. The molecule has 0 spiro atoms. The van der Waals surface area contributed by atoms with Gasteiger partial charge in [0, 0.05) is 11.3 Å². The number of alkyl halides is 2. The molecule has 6 unspecified atom stereocenters. The van der Waals surface area contributed by atoms with Crippen LogP contribution in [0.2, 0.25) is 0 Å². The second-order valence-corrected chi connectivity index (χ2v) is 12.8. The van der Waals surface area contributed by atoms with E-state index in [9.17, 15) is 36.4 Å². The highest BCUT2D eigenvalue weighted by atomic mass is 32.2. The monoisotopic (exact) mass is 509 g/mol. The third-order valence-electron chi connectivity index (χ3n) is 6.62. The van der Waals surface area contributed by atoms with Gasteiger partial charge in [0.2, 0.25) is 11.8 Å². The Balaban J connectivity index is 1.95. The first kappa shape index (κ1) is 26.5. The molecule has 34 heavy (non-hydrogen) atoms. The summed E-state index contributed by atoms with van der Waals surface area (Å²) < 4.78 is 67.7. The minimum Gasteiger partial charge on any atom is -0.459 e. The summed E-state index contributed by atoms with van der Waals surface area (Å²) in [4.78, 5) is 52.9. The van der Waals surface area contributed by atoms with E-state index in [4.69, 9.17) is 9.29 Å². The van der Waals surface area contributed by atoms with Gasteiger partial charge in [-0.05, 0) is 33.1 Å². The largest absolute Gasteiger partial charge is 0.459 e. The van der Waals surface area contributed by atoms with Crippen LogP contribution in [0.15, 0.2) is 0 Å². The van der Waals surface area contributed by atoms with Crippen molar-refractivity contribution in [3.8, 4) is 0 Å². The van der Waals surface area contributed by atoms with E-state index in [0.717, 1.165) is 4.90 Å². The summed E-state index contributed by atoms with van der Waals surface area (Å²) in [6.45, 7) is 7.68. The van der Waals surface area contributed by atoms with Gasteiger partial charge >= 0.3 is 27.3 Å². The van der Waals surface area contributed by atoms with E-state index >= 15 is 0 Å².